The van der Waals surface area contributed by atoms with Gasteiger partial charge in [-0.15, -0.1) is 5.10 Å². The molecule has 0 unspecified atom stereocenters. The van der Waals surface area contributed by atoms with Crippen LogP contribution in [0.4, 0.5) is 17.5 Å². The van der Waals surface area contributed by atoms with Gasteiger partial charge in [0.1, 0.15) is 0 Å². The van der Waals surface area contributed by atoms with Crippen LogP contribution in [0.25, 0.3) is 0 Å². The normalized spacial score (nSPS) is 15.0. The average molecular weight is 341 g/mol. The fraction of sp³-hybridized carbons (Fsp3) is 0.444. The second-order valence-corrected chi connectivity index (χ2v) is 6.20. The molecule has 1 saturated heterocycles. The highest BCUT2D eigenvalue weighted by atomic mass is 16.5. The lowest BCUT2D eigenvalue weighted by Gasteiger charge is -2.29. The molecule has 3 rings (SSSR count). The number of piperidine rings is 1. The van der Waals surface area contributed by atoms with Crippen LogP contribution in [-0.4, -0.2) is 40.8 Å². The predicted octanol–water partition coefficient (Wildman–Crippen LogP) is 3.03. The van der Waals surface area contributed by atoms with Gasteiger partial charge < -0.3 is 15.0 Å². The summed E-state index contributed by atoms with van der Waals surface area (Å²) in [7, 11) is 0. The molecule has 2 aromatic rings. The van der Waals surface area contributed by atoms with E-state index in [0.29, 0.717) is 29.6 Å². The highest BCUT2D eigenvalue weighted by Gasteiger charge is 2.19. The van der Waals surface area contributed by atoms with Gasteiger partial charge in [-0.2, -0.15) is 10.1 Å². The number of aromatic nitrogens is 3. The van der Waals surface area contributed by atoms with Gasteiger partial charge in [0.2, 0.25) is 5.95 Å². The van der Waals surface area contributed by atoms with Gasteiger partial charge in [0, 0.05) is 13.1 Å². The molecule has 132 valence electrons. The van der Waals surface area contributed by atoms with Crippen LogP contribution in [0.2, 0.25) is 0 Å². The summed E-state index contributed by atoms with van der Waals surface area (Å²) in [6.07, 6.45) is 3.82. The Morgan fingerprint density at radius 2 is 2.08 bits per heavy atom. The Bertz CT molecular complexity index is 729. The van der Waals surface area contributed by atoms with Gasteiger partial charge in [-0.3, -0.25) is 0 Å². The molecule has 7 heteroatoms. The molecule has 0 aliphatic carbocycles. The van der Waals surface area contributed by atoms with E-state index >= 15 is 0 Å². The number of hydrogen-bond donors (Lipinski definition) is 1. The van der Waals surface area contributed by atoms with Gasteiger partial charge in [-0.1, -0.05) is 19.1 Å². The number of benzene rings is 1. The third-order valence-corrected chi connectivity index (χ3v) is 4.30. The Morgan fingerprint density at radius 3 is 2.84 bits per heavy atom. The number of carbonyl (C=O) groups is 1. The summed E-state index contributed by atoms with van der Waals surface area (Å²) in [5, 5.41) is 11.4. The van der Waals surface area contributed by atoms with Gasteiger partial charge in [0.15, 0.2) is 5.82 Å². The van der Waals surface area contributed by atoms with E-state index in [0.717, 1.165) is 31.8 Å². The van der Waals surface area contributed by atoms with Crippen LogP contribution in [0, 0.1) is 5.92 Å². The quantitative estimate of drug-likeness (QED) is 0.837. The molecule has 1 aliphatic heterocycles. The van der Waals surface area contributed by atoms with Crippen molar-refractivity contribution >= 4 is 23.4 Å². The van der Waals surface area contributed by atoms with Crippen molar-refractivity contribution in [2.24, 2.45) is 5.92 Å². The predicted molar refractivity (Wildman–Crippen MR) is 96.1 cm³/mol. The lowest BCUT2D eigenvalue weighted by atomic mass is 10.00. The summed E-state index contributed by atoms with van der Waals surface area (Å²) in [5.74, 6) is 1.55. The first kappa shape index (κ1) is 17.1. The van der Waals surface area contributed by atoms with Gasteiger partial charge in [-0.05, 0) is 37.8 Å². The molecule has 1 N–H and O–H groups in total. The standard InChI is InChI=1S/C18H23N5O2/c1-3-25-17(24)14-6-4-5-7-15(14)20-16-12-19-22-18(21-16)23-10-8-13(2)9-11-23/h4-7,12-13H,3,8-11H2,1-2H3,(H,20,21,22). The van der Waals surface area contributed by atoms with Crippen LogP contribution in [0.15, 0.2) is 30.5 Å². The summed E-state index contributed by atoms with van der Waals surface area (Å²) < 4.78 is 5.10. The third-order valence-electron chi connectivity index (χ3n) is 4.30. The molecule has 1 aromatic carbocycles. The summed E-state index contributed by atoms with van der Waals surface area (Å²) in [4.78, 5) is 18.8. The third kappa shape index (κ3) is 4.23. The molecule has 0 spiro atoms. The average Bonchev–Trinajstić information content (AvgIpc) is 2.63. The summed E-state index contributed by atoms with van der Waals surface area (Å²) >= 11 is 0. The lowest BCUT2D eigenvalue weighted by molar-refractivity contribution is 0.0527. The number of ether oxygens (including phenoxy) is 1. The zero-order valence-electron chi connectivity index (χ0n) is 14.6. The number of nitrogens with zero attached hydrogens (tertiary/aromatic N) is 4. The molecule has 1 aromatic heterocycles. The largest absolute Gasteiger partial charge is 0.462 e. The van der Waals surface area contributed by atoms with Crippen molar-refractivity contribution in [3.8, 4) is 0 Å². The summed E-state index contributed by atoms with van der Waals surface area (Å²) in [6, 6.07) is 7.20. The topological polar surface area (TPSA) is 80.2 Å². The first-order chi connectivity index (χ1) is 12.2. The van der Waals surface area contributed by atoms with Crippen molar-refractivity contribution < 1.29 is 9.53 Å². The Hall–Kier alpha value is -2.70. The maximum absolute atomic E-state index is 12.1. The van der Waals surface area contributed by atoms with E-state index in [1.54, 1.807) is 25.3 Å². The Kier molecular flexibility index (Phi) is 5.42. The van der Waals surface area contributed by atoms with Crippen molar-refractivity contribution in [2.75, 3.05) is 29.9 Å². The van der Waals surface area contributed by atoms with Crippen molar-refractivity contribution in [2.45, 2.75) is 26.7 Å². The van der Waals surface area contributed by atoms with E-state index in [-0.39, 0.29) is 5.97 Å². The second kappa shape index (κ2) is 7.92. The first-order valence-corrected chi connectivity index (χ1v) is 8.65. The van der Waals surface area contributed by atoms with E-state index in [1.807, 2.05) is 12.1 Å². The minimum absolute atomic E-state index is 0.333. The smallest absolute Gasteiger partial charge is 0.340 e. The molecule has 2 heterocycles. The van der Waals surface area contributed by atoms with Crippen LogP contribution in [0.5, 0.6) is 0 Å². The molecular weight excluding hydrogens is 318 g/mol. The maximum atomic E-state index is 12.1. The highest BCUT2D eigenvalue weighted by Crippen LogP contribution is 2.23. The lowest BCUT2D eigenvalue weighted by Crippen LogP contribution is -2.34. The van der Waals surface area contributed by atoms with Gasteiger partial charge in [-0.25, -0.2) is 4.79 Å². The van der Waals surface area contributed by atoms with Crippen molar-refractivity contribution in [1.29, 1.82) is 0 Å². The Morgan fingerprint density at radius 1 is 1.32 bits per heavy atom. The van der Waals surface area contributed by atoms with Crippen LogP contribution in [-0.2, 0) is 4.74 Å². The molecule has 0 atom stereocenters. The first-order valence-electron chi connectivity index (χ1n) is 8.65. The number of rotatable bonds is 5. The molecular formula is C18H23N5O2. The van der Waals surface area contributed by atoms with Gasteiger partial charge >= 0.3 is 5.97 Å². The molecule has 0 radical (unpaired) electrons. The summed E-state index contributed by atoms with van der Waals surface area (Å²) in [5.41, 5.74) is 1.11. The number of carbonyl (C=O) groups excluding carboxylic acids is 1. The van der Waals surface area contributed by atoms with E-state index < -0.39 is 0 Å². The number of nitrogens with one attached hydrogen (secondary N) is 1. The van der Waals surface area contributed by atoms with E-state index in [1.165, 1.54) is 0 Å². The van der Waals surface area contributed by atoms with E-state index in [9.17, 15) is 4.79 Å². The monoisotopic (exact) mass is 341 g/mol. The number of para-hydroxylation sites is 1. The Balaban J connectivity index is 1.78. The second-order valence-electron chi connectivity index (χ2n) is 6.20. The van der Waals surface area contributed by atoms with Crippen molar-refractivity contribution in [3.63, 3.8) is 0 Å². The molecule has 0 amide bonds. The Labute approximate surface area is 147 Å². The molecule has 7 nitrogen and oxygen atoms in total. The van der Waals surface area contributed by atoms with Crippen LogP contribution in [0.3, 0.4) is 0 Å². The molecule has 1 aliphatic rings. The SMILES string of the molecule is CCOC(=O)c1ccccc1Nc1cnnc(N2CCC(C)CC2)n1. The summed E-state index contributed by atoms with van der Waals surface area (Å²) in [6.45, 7) is 6.26. The fourth-order valence-corrected chi connectivity index (χ4v) is 2.81. The van der Waals surface area contributed by atoms with Gasteiger partial charge in [0.05, 0.1) is 24.1 Å². The zero-order valence-corrected chi connectivity index (χ0v) is 14.6. The fourth-order valence-electron chi connectivity index (χ4n) is 2.81. The minimum atomic E-state index is -0.363. The van der Waals surface area contributed by atoms with Crippen LogP contribution in [0.1, 0.15) is 37.0 Å². The van der Waals surface area contributed by atoms with E-state index in [2.05, 4.69) is 32.3 Å². The van der Waals surface area contributed by atoms with Gasteiger partial charge in [0.25, 0.3) is 0 Å². The maximum Gasteiger partial charge on any atom is 0.340 e. The van der Waals surface area contributed by atoms with Crippen molar-refractivity contribution in [1.82, 2.24) is 15.2 Å². The molecule has 25 heavy (non-hydrogen) atoms. The zero-order chi connectivity index (χ0) is 17.6. The number of esters is 1. The van der Waals surface area contributed by atoms with Crippen molar-refractivity contribution in [3.05, 3.63) is 36.0 Å². The number of anilines is 3. The number of hydrogen-bond acceptors (Lipinski definition) is 7. The van der Waals surface area contributed by atoms with Crippen LogP contribution < -0.4 is 10.2 Å². The molecule has 0 bridgehead atoms. The molecule has 1 fully saturated rings. The highest BCUT2D eigenvalue weighted by molar-refractivity contribution is 5.96. The molecule has 0 saturated carbocycles. The van der Waals surface area contributed by atoms with E-state index in [4.69, 9.17) is 4.74 Å². The van der Waals surface area contributed by atoms with Crippen LogP contribution >= 0.6 is 0 Å². The minimum Gasteiger partial charge on any atom is -0.462 e.